The predicted octanol–water partition coefficient (Wildman–Crippen LogP) is 3.51. The van der Waals surface area contributed by atoms with E-state index in [4.69, 9.17) is 9.47 Å². The lowest BCUT2D eigenvalue weighted by Crippen LogP contribution is -2.43. The molecular weight excluding hydrogens is 437 g/mol. The van der Waals surface area contributed by atoms with Crippen molar-refractivity contribution in [2.75, 3.05) is 26.1 Å². The Morgan fingerprint density at radius 2 is 1.71 bits per heavy atom. The van der Waals surface area contributed by atoms with Crippen LogP contribution in [-0.4, -0.2) is 45.4 Å². The first-order valence-corrected chi connectivity index (χ1v) is 10.7. The monoisotopic (exact) mass is 458 g/mol. The Bertz CT molecular complexity index is 1060. The number of nitrogens with zero attached hydrogens (tertiary/aromatic N) is 1. The van der Waals surface area contributed by atoms with Crippen molar-refractivity contribution in [3.05, 3.63) is 48.0 Å². The number of sulfonamides is 1. The van der Waals surface area contributed by atoms with Crippen LogP contribution in [0.3, 0.4) is 0 Å². The van der Waals surface area contributed by atoms with Gasteiger partial charge in [0.05, 0.1) is 24.7 Å². The number of nitrogens with one attached hydrogen (secondary N) is 1. The van der Waals surface area contributed by atoms with Gasteiger partial charge in [-0.3, -0.25) is 4.79 Å². The van der Waals surface area contributed by atoms with Crippen LogP contribution in [0.15, 0.2) is 47.4 Å². The molecule has 7 nitrogen and oxygen atoms in total. The lowest BCUT2D eigenvalue weighted by molar-refractivity contribution is -0.137. The number of benzene rings is 2. The minimum atomic E-state index is -4.49. The van der Waals surface area contributed by atoms with Crippen molar-refractivity contribution >= 4 is 21.6 Å². The van der Waals surface area contributed by atoms with Gasteiger partial charge in [0.15, 0.2) is 11.5 Å². The number of anilines is 1. The highest BCUT2D eigenvalue weighted by Crippen LogP contribution is 2.34. The highest BCUT2D eigenvalue weighted by molar-refractivity contribution is 7.89. The summed E-state index contributed by atoms with van der Waals surface area (Å²) in [6.07, 6.45) is -3.73. The van der Waals surface area contributed by atoms with Crippen molar-refractivity contribution in [1.29, 1.82) is 0 Å². The van der Waals surface area contributed by atoms with E-state index in [9.17, 15) is 26.4 Å². The number of alkyl halides is 3. The number of amides is 1. The molecule has 0 aromatic heterocycles. The summed E-state index contributed by atoms with van der Waals surface area (Å²) >= 11 is 0. The molecule has 2 aromatic carbocycles. The summed E-state index contributed by atoms with van der Waals surface area (Å²) in [5.74, 6) is -0.0192. The number of hydrogen-bond acceptors (Lipinski definition) is 5. The van der Waals surface area contributed by atoms with E-state index in [1.165, 1.54) is 32.4 Å². The Kier molecular flexibility index (Phi) is 6.46. The fourth-order valence-electron chi connectivity index (χ4n) is 3.37. The molecule has 0 aliphatic carbocycles. The number of methoxy groups -OCH3 is 2. The molecule has 3 rings (SSSR count). The Morgan fingerprint density at radius 1 is 1.06 bits per heavy atom. The van der Waals surface area contributed by atoms with Gasteiger partial charge in [0.25, 0.3) is 0 Å². The van der Waals surface area contributed by atoms with E-state index in [-0.39, 0.29) is 22.9 Å². The topological polar surface area (TPSA) is 84.9 Å². The SMILES string of the molecule is COc1ccc(S(=O)(=O)N2CCCC2C(=O)Nc2ccc(C(F)(F)F)cc2)cc1OC. The van der Waals surface area contributed by atoms with Crippen LogP contribution >= 0.6 is 0 Å². The molecule has 0 bridgehead atoms. The van der Waals surface area contributed by atoms with Crippen molar-refractivity contribution in [2.45, 2.75) is 30.0 Å². The molecule has 0 radical (unpaired) electrons. The molecule has 1 aliphatic rings. The van der Waals surface area contributed by atoms with Gasteiger partial charge in [0.2, 0.25) is 15.9 Å². The van der Waals surface area contributed by atoms with Gasteiger partial charge in [-0.15, -0.1) is 0 Å². The van der Waals surface area contributed by atoms with Gasteiger partial charge < -0.3 is 14.8 Å². The maximum Gasteiger partial charge on any atom is 0.416 e. The van der Waals surface area contributed by atoms with E-state index in [1.54, 1.807) is 0 Å². The van der Waals surface area contributed by atoms with Gasteiger partial charge in [-0.2, -0.15) is 17.5 Å². The summed E-state index contributed by atoms with van der Waals surface area (Å²) in [4.78, 5) is 12.7. The molecule has 1 N–H and O–H groups in total. The smallest absolute Gasteiger partial charge is 0.416 e. The van der Waals surface area contributed by atoms with E-state index in [2.05, 4.69) is 5.32 Å². The van der Waals surface area contributed by atoms with E-state index in [1.807, 2.05) is 0 Å². The first kappa shape index (κ1) is 22.9. The van der Waals surface area contributed by atoms with Crippen LogP contribution in [0.5, 0.6) is 11.5 Å². The second-order valence-electron chi connectivity index (χ2n) is 6.85. The van der Waals surface area contributed by atoms with Gasteiger partial charge in [0, 0.05) is 18.3 Å². The maximum atomic E-state index is 13.1. The molecule has 31 heavy (non-hydrogen) atoms. The molecule has 1 aliphatic heterocycles. The Labute approximate surface area is 177 Å². The van der Waals surface area contributed by atoms with Crippen LogP contribution in [0.2, 0.25) is 0 Å². The van der Waals surface area contributed by atoms with Crippen LogP contribution in [0.1, 0.15) is 18.4 Å². The van der Waals surface area contributed by atoms with E-state index in [0.29, 0.717) is 18.6 Å². The number of hydrogen-bond donors (Lipinski definition) is 1. The van der Waals surface area contributed by atoms with Crippen LogP contribution in [0.4, 0.5) is 18.9 Å². The Hall–Kier alpha value is -2.79. The van der Waals surface area contributed by atoms with Crippen molar-refractivity contribution in [3.8, 4) is 11.5 Å². The molecule has 0 spiro atoms. The van der Waals surface area contributed by atoms with Crippen LogP contribution in [-0.2, 0) is 21.0 Å². The number of ether oxygens (including phenoxy) is 2. The average molecular weight is 458 g/mol. The minimum absolute atomic E-state index is 0.0561. The zero-order chi connectivity index (χ0) is 22.8. The molecule has 168 valence electrons. The molecular formula is C20H21F3N2O5S. The average Bonchev–Trinajstić information content (AvgIpc) is 3.24. The molecule has 1 amide bonds. The molecule has 2 aromatic rings. The highest BCUT2D eigenvalue weighted by Gasteiger charge is 2.40. The van der Waals surface area contributed by atoms with Gasteiger partial charge >= 0.3 is 6.18 Å². The summed E-state index contributed by atoms with van der Waals surface area (Å²) in [7, 11) is -1.22. The number of carbonyl (C=O) groups is 1. The lowest BCUT2D eigenvalue weighted by Gasteiger charge is -2.24. The predicted molar refractivity (Wildman–Crippen MR) is 107 cm³/mol. The van der Waals surface area contributed by atoms with Gasteiger partial charge in [0.1, 0.15) is 6.04 Å². The Morgan fingerprint density at radius 3 is 2.29 bits per heavy atom. The first-order valence-electron chi connectivity index (χ1n) is 9.30. The third-order valence-electron chi connectivity index (χ3n) is 4.95. The van der Waals surface area contributed by atoms with Gasteiger partial charge in [-0.05, 0) is 49.2 Å². The molecule has 11 heteroatoms. The van der Waals surface area contributed by atoms with E-state index in [0.717, 1.165) is 28.6 Å². The third-order valence-corrected chi connectivity index (χ3v) is 6.85. The normalized spacial score (nSPS) is 17.4. The van der Waals surface area contributed by atoms with Crippen molar-refractivity contribution in [3.63, 3.8) is 0 Å². The summed E-state index contributed by atoms with van der Waals surface area (Å²) in [5, 5.41) is 2.50. The van der Waals surface area contributed by atoms with E-state index < -0.39 is 33.7 Å². The molecule has 1 heterocycles. The van der Waals surface area contributed by atoms with Crippen molar-refractivity contribution in [2.24, 2.45) is 0 Å². The lowest BCUT2D eigenvalue weighted by atomic mass is 10.2. The highest BCUT2D eigenvalue weighted by atomic mass is 32.2. The van der Waals surface area contributed by atoms with Crippen molar-refractivity contribution in [1.82, 2.24) is 4.31 Å². The molecule has 0 saturated carbocycles. The Balaban J connectivity index is 1.80. The maximum absolute atomic E-state index is 13.1. The summed E-state index contributed by atoms with van der Waals surface area (Å²) < 4.78 is 75.7. The van der Waals surface area contributed by atoms with Crippen LogP contribution in [0.25, 0.3) is 0 Å². The van der Waals surface area contributed by atoms with Crippen molar-refractivity contribution < 1.29 is 35.9 Å². The fraction of sp³-hybridized carbons (Fsp3) is 0.350. The van der Waals surface area contributed by atoms with Gasteiger partial charge in [-0.25, -0.2) is 8.42 Å². The standard InChI is InChI=1S/C20H21F3N2O5S/c1-29-17-10-9-15(12-18(17)30-2)31(27,28)25-11-3-4-16(25)19(26)24-14-7-5-13(6-8-14)20(21,22)23/h5-10,12,16H,3-4,11H2,1-2H3,(H,24,26). The zero-order valence-electron chi connectivity index (χ0n) is 16.8. The first-order chi connectivity index (χ1) is 14.6. The number of halogens is 3. The largest absolute Gasteiger partial charge is 0.493 e. The molecule has 1 fully saturated rings. The number of carbonyl (C=O) groups excluding carboxylic acids is 1. The second kappa shape index (κ2) is 8.75. The van der Waals surface area contributed by atoms with Gasteiger partial charge in [-0.1, -0.05) is 0 Å². The van der Waals surface area contributed by atoms with Crippen LogP contribution in [0, 0.1) is 0 Å². The summed E-state index contributed by atoms with van der Waals surface area (Å²) in [5.41, 5.74) is -0.697. The fourth-order valence-corrected chi connectivity index (χ4v) is 5.04. The molecule has 1 saturated heterocycles. The second-order valence-corrected chi connectivity index (χ2v) is 8.75. The van der Waals surface area contributed by atoms with Crippen LogP contribution < -0.4 is 14.8 Å². The minimum Gasteiger partial charge on any atom is -0.493 e. The summed E-state index contributed by atoms with van der Waals surface area (Å²) in [6, 6.07) is 7.10. The zero-order valence-corrected chi connectivity index (χ0v) is 17.6. The molecule has 1 unspecified atom stereocenters. The third kappa shape index (κ3) is 4.77. The summed E-state index contributed by atoms with van der Waals surface area (Å²) in [6.45, 7) is 0.141. The quantitative estimate of drug-likeness (QED) is 0.716. The number of rotatable bonds is 6. The molecule has 1 atom stereocenters. The van der Waals surface area contributed by atoms with E-state index >= 15 is 0 Å².